The van der Waals surface area contributed by atoms with Crippen LogP contribution >= 0.6 is 11.6 Å². The number of hydrogen-bond donors (Lipinski definition) is 1. The number of nitrogens with zero attached hydrogens (tertiary/aromatic N) is 2. The Morgan fingerprint density at radius 1 is 1.45 bits per heavy atom. The van der Waals surface area contributed by atoms with Crippen molar-refractivity contribution in [3.63, 3.8) is 0 Å². The Hall–Kier alpha value is -1.29. The summed E-state index contributed by atoms with van der Waals surface area (Å²) < 4.78 is 26.4. The van der Waals surface area contributed by atoms with Gasteiger partial charge in [-0.05, 0) is 24.1 Å². The van der Waals surface area contributed by atoms with Crippen molar-refractivity contribution in [3.05, 3.63) is 23.2 Å². The summed E-state index contributed by atoms with van der Waals surface area (Å²) in [6, 6.07) is 6.19. The lowest BCUT2D eigenvalue weighted by molar-refractivity contribution is 0.373. The molecule has 0 saturated carbocycles. The second-order valence-electron chi connectivity index (χ2n) is 4.85. The van der Waals surface area contributed by atoms with Crippen LogP contribution in [0.3, 0.4) is 0 Å². The third-order valence-corrected chi connectivity index (χ3v) is 4.85. The fourth-order valence-corrected chi connectivity index (χ4v) is 3.48. The van der Waals surface area contributed by atoms with E-state index in [0.29, 0.717) is 11.6 Å². The Labute approximate surface area is 125 Å². The Kier molecular flexibility index (Phi) is 5.81. The van der Waals surface area contributed by atoms with Crippen molar-refractivity contribution in [1.82, 2.24) is 4.31 Å². The Balaban J connectivity index is 3.14. The zero-order valence-electron chi connectivity index (χ0n) is 11.5. The third kappa shape index (κ3) is 4.10. The number of rotatable bonds is 6. The second kappa shape index (κ2) is 6.93. The summed E-state index contributed by atoms with van der Waals surface area (Å²) in [5, 5.41) is 8.97. The molecule has 0 aliphatic rings. The van der Waals surface area contributed by atoms with Crippen LogP contribution in [0.1, 0.15) is 20.3 Å². The molecule has 1 aromatic carbocycles. The van der Waals surface area contributed by atoms with Gasteiger partial charge in [-0.15, -0.1) is 0 Å². The van der Waals surface area contributed by atoms with E-state index >= 15 is 0 Å². The molecule has 110 valence electrons. The fraction of sp³-hybridized carbons (Fsp3) is 0.462. The van der Waals surface area contributed by atoms with Crippen molar-refractivity contribution in [2.75, 3.05) is 18.8 Å². The van der Waals surface area contributed by atoms with E-state index < -0.39 is 10.0 Å². The van der Waals surface area contributed by atoms with E-state index in [0.717, 1.165) is 0 Å². The first kappa shape index (κ1) is 16.8. The lowest BCUT2D eigenvalue weighted by Crippen LogP contribution is -2.35. The second-order valence-corrected chi connectivity index (χ2v) is 7.19. The van der Waals surface area contributed by atoms with Crippen LogP contribution in [0.25, 0.3) is 0 Å². The fourth-order valence-electron chi connectivity index (χ4n) is 1.72. The van der Waals surface area contributed by atoms with Crippen LogP contribution in [0.15, 0.2) is 23.1 Å². The molecule has 20 heavy (non-hydrogen) atoms. The molecular formula is C13H18ClN3O2S. The molecule has 1 rings (SSSR count). The number of anilines is 1. The summed E-state index contributed by atoms with van der Waals surface area (Å²) >= 11 is 5.80. The van der Waals surface area contributed by atoms with Gasteiger partial charge in [0.15, 0.2) is 0 Å². The first-order valence-electron chi connectivity index (χ1n) is 6.21. The van der Waals surface area contributed by atoms with Crippen molar-refractivity contribution in [2.24, 2.45) is 5.92 Å². The number of hydrogen-bond acceptors (Lipinski definition) is 4. The van der Waals surface area contributed by atoms with Crippen molar-refractivity contribution in [2.45, 2.75) is 25.2 Å². The predicted molar refractivity (Wildman–Crippen MR) is 79.7 cm³/mol. The van der Waals surface area contributed by atoms with E-state index in [2.05, 4.69) is 0 Å². The van der Waals surface area contributed by atoms with Crippen LogP contribution in [0.4, 0.5) is 5.69 Å². The molecule has 0 aromatic heterocycles. The summed E-state index contributed by atoms with van der Waals surface area (Å²) in [6.07, 6.45) is 0.148. The molecule has 0 heterocycles. The smallest absolute Gasteiger partial charge is 0.243 e. The summed E-state index contributed by atoms with van der Waals surface area (Å²) in [5.74, 6) is 0.160. The molecule has 1 aromatic rings. The topological polar surface area (TPSA) is 87.2 Å². The normalized spacial score (nSPS) is 11.8. The highest BCUT2D eigenvalue weighted by atomic mass is 35.5. The number of nitriles is 1. The molecule has 0 saturated heterocycles. The predicted octanol–water partition coefficient (Wildman–Crippen LogP) is 2.48. The molecule has 0 aliphatic heterocycles. The van der Waals surface area contributed by atoms with Gasteiger partial charge in [-0.25, -0.2) is 8.42 Å². The van der Waals surface area contributed by atoms with Gasteiger partial charge in [0.05, 0.1) is 21.7 Å². The van der Waals surface area contributed by atoms with E-state index in [1.165, 1.54) is 22.5 Å². The standard InChI is InChI=1S/C13H18ClN3O2S/c1-10(2)9-17(7-3-6-15)20(18,19)11-4-5-12(14)13(16)8-11/h4-5,8,10H,3,7,9,16H2,1-2H3. The number of halogens is 1. The Bertz CT molecular complexity index is 609. The van der Waals surface area contributed by atoms with Gasteiger partial charge < -0.3 is 5.73 Å². The van der Waals surface area contributed by atoms with Gasteiger partial charge in [-0.2, -0.15) is 9.57 Å². The largest absolute Gasteiger partial charge is 0.397 e. The maximum Gasteiger partial charge on any atom is 0.243 e. The number of nitrogen functional groups attached to an aromatic ring is 1. The molecule has 0 fully saturated rings. The van der Waals surface area contributed by atoms with Gasteiger partial charge in [0, 0.05) is 19.5 Å². The first-order chi connectivity index (χ1) is 9.28. The summed E-state index contributed by atoms with van der Waals surface area (Å²) in [6.45, 7) is 4.36. The molecule has 5 nitrogen and oxygen atoms in total. The van der Waals surface area contributed by atoms with Crippen LogP contribution < -0.4 is 5.73 Å². The lowest BCUT2D eigenvalue weighted by atomic mass is 10.2. The Morgan fingerprint density at radius 3 is 2.60 bits per heavy atom. The molecule has 2 N–H and O–H groups in total. The van der Waals surface area contributed by atoms with Gasteiger partial charge in [0.25, 0.3) is 0 Å². The molecule has 0 bridgehead atoms. The lowest BCUT2D eigenvalue weighted by Gasteiger charge is -2.23. The molecule has 0 spiro atoms. The van der Waals surface area contributed by atoms with E-state index in [-0.39, 0.29) is 29.5 Å². The van der Waals surface area contributed by atoms with Gasteiger partial charge in [0.2, 0.25) is 10.0 Å². The zero-order chi connectivity index (χ0) is 15.3. The third-order valence-electron chi connectivity index (χ3n) is 2.65. The van der Waals surface area contributed by atoms with Crippen LogP contribution in [0, 0.1) is 17.2 Å². The van der Waals surface area contributed by atoms with Crippen LogP contribution in [0.5, 0.6) is 0 Å². The molecule has 0 unspecified atom stereocenters. The van der Waals surface area contributed by atoms with Gasteiger partial charge in [-0.1, -0.05) is 25.4 Å². The van der Waals surface area contributed by atoms with Gasteiger partial charge in [0.1, 0.15) is 0 Å². The quantitative estimate of drug-likeness (QED) is 0.817. The zero-order valence-corrected chi connectivity index (χ0v) is 13.1. The maximum absolute atomic E-state index is 12.6. The highest BCUT2D eigenvalue weighted by Gasteiger charge is 2.25. The highest BCUT2D eigenvalue weighted by Crippen LogP contribution is 2.25. The SMILES string of the molecule is CC(C)CN(CCC#N)S(=O)(=O)c1ccc(Cl)c(N)c1. The van der Waals surface area contributed by atoms with E-state index in [9.17, 15) is 8.42 Å². The molecule has 0 atom stereocenters. The molecule has 7 heteroatoms. The van der Waals surface area contributed by atoms with Gasteiger partial charge in [-0.3, -0.25) is 0 Å². The summed E-state index contributed by atoms with van der Waals surface area (Å²) in [7, 11) is -3.66. The van der Waals surface area contributed by atoms with Crippen molar-refractivity contribution in [1.29, 1.82) is 5.26 Å². The molecule has 0 amide bonds. The van der Waals surface area contributed by atoms with E-state index in [1.54, 1.807) is 0 Å². The minimum atomic E-state index is -3.66. The number of sulfonamides is 1. The molecule has 0 aliphatic carbocycles. The minimum absolute atomic E-state index is 0.0954. The van der Waals surface area contributed by atoms with Crippen molar-refractivity contribution < 1.29 is 8.42 Å². The summed E-state index contributed by atoms with van der Waals surface area (Å²) in [5.41, 5.74) is 5.87. The van der Waals surface area contributed by atoms with E-state index in [1.807, 2.05) is 19.9 Å². The highest BCUT2D eigenvalue weighted by molar-refractivity contribution is 7.89. The van der Waals surface area contributed by atoms with Crippen LogP contribution in [-0.4, -0.2) is 25.8 Å². The van der Waals surface area contributed by atoms with E-state index in [4.69, 9.17) is 22.6 Å². The van der Waals surface area contributed by atoms with Crippen LogP contribution in [0.2, 0.25) is 5.02 Å². The average molecular weight is 316 g/mol. The minimum Gasteiger partial charge on any atom is -0.397 e. The number of benzene rings is 1. The van der Waals surface area contributed by atoms with Crippen molar-refractivity contribution in [3.8, 4) is 6.07 Å². The van der Waals surface area contributed by atoms with Gasteiger partial charge >= 0.3 is 0 Å². The van der Waals surface area contributed by atoms with Crippen LogP contribution in [-0.2, 0) is 10.0 Å². The number of nitrogens with two attached hydrogens (primary N) is 1. The molecular weight excluding hydrogens is 298 g/mol. The summed E-state index contributed by atoms with van der Waals surface area (Å²) in [4.78, 5) is 0.0954. The monoisotopic (exact) mass is 315 g/mol. The van der Waals surface area contributed by atoms with Crippen molar-refractivity contribution >= 4 is 27.3 Å². The maximum atomic E-state index is 12.6. The molecule has 0 radical (unpaired) electrons. The average Bonchev–Trinajstić information content (AvgIpc) is 2.37. The first-order valence-corrected chi connectivity index (χ1v) is 8.03. The Morgan fingerprint density at radius 2 is 2.10 bits per heavy atom.